The lowest BCUT2D eigenvalue weighted by Crippen LogP contribution is -2.11. The first-order valence-electron chi connectivity index (χ1n) is 7.45. The van der Waals surface area contributed by atoms with E-state index in [1.165, 1.54) is 0 Å². The maximum Gasteiger partial charge on any atom is 0.108 e. The minimum atomic E-state index is 0.317. The van der Waals surface area contributed by atoms with Gasteiger partial charge in [0.1, 0.15) is 5.69 Å². The molecule has 0 unspecified atom stereocenters. The summed E-state index contributed by atoms with van der Waals surface area (Å²) >= 11 is 0. The highest BCUT2D eigenvalue weighted by molar-refractivity contribution is 4.90. The molecule has 1 rings (SSSR count). The predicted octanol–water partition coefficient (Wildman–Crippen LogP) is 1.45. The first-order valence-corrected chi connectivity index (χ1v) is 7.45. The molecule has 1 aromatic rings. The van der Waals surface area contributed by atoms with Crippen LogP contribution in [0, 0.1) is 0 Å². The van der Waals surface area contributed by atoms with Gasteiger partial charge in [-0.15, -0.1) is 5.10 Å². The van der Waals surface area contributed by atoms with Crippen LogP contribution in [0.4, 0.5) is 0 Å². The molecule has 0 aromatic carbocycles. The Morgan fingerprint density at radius 3 is 2.05 bits per heavy atom. The Morgan fingerprint density at radius 1 is 0.952 bits per heavy atom. The lowest BCUT2D eigenvalue weighted by molar-refractivity contribution is -0.00324. The van der Waals surface area contributed by atoms with Crippen LogP contribution in [-0.4, -0.2) is 61.2 Å². The fourth-order valence-corrected chi connectivity index (χ4v) is 1.51. The highest BCUT2D eigenvalue weighted by atomic mass is 16.6. The molecule has 0 aliphatic heterocycles. The van der Waals surface area contributed by atoms with Gasteiger partial charge in [0.05, 0.1) is 52.4 Å². The Bertz CT molecular complexity index is 358. The van der Waals surface area contributed by atoms with Gasteiger partial charge in [0.25, 0.3) is 0 Å². The Morgan fingerprint density at radius 2 is 1.52 bits per heavy atom. The van der Waals surface area contributed by atoms with Crippen LogP contribution in [0.2, 0.25) is 0 Å². The van der Waals surface area contributed by atoms with Crippen molar-refractivity contribution >= 4 is 0 Å². The molecule has 0 saturated carbocycles. The number of nitrogens with zero attached hydrogens (tertiary/aromatic N) is 3. The number of hydrogen-bond donors (Lipinski definition) is 0. The predicted molar refractivity (Wildman–Crippen MR) is 78.2 cm³/mol. The summed E-state index contributed by atoms with van der Waals surface area (Å²) in [4.78, 5) is 0. The molecule has 0 aliphatic carbocycles. The first kappa shape index (κ1) is 18.0. The summed E-state index contributed by atoms with van der Waals surface area (Å²) in [5.74, 6) is 0. The van der Waals surface area contributed by atoms with Gasteiger partial charge in [0, 0.05) is 12.6 Å². The van der Waals surface area contributed by atoms with E-state index in [4.69, 9.17) is 18.9 Å². The summed E-state index contributed by atoms with van der Waals surface area (Å²) in [6.45, 7) is 10.7. The smallest absolute Gasteiger partial charge is 0.108 e. The number of aromatic nitrogens is 3. The topological polar surface area (TPSA) is 67.6 Å². The highest BCUT2D eigenvalue weighted by Gasteiger charge is 2.03. The molecule has 1 aromatic heterocycles. The van der Waals surface area contributed by atoms with E-state index in [9.17, 15) is 0 Å². The van der Waals surface area contributed by atoms with Crippen molar-refractivity contribution in [2.75, 3.05) is 46.2 Å². The van der Waals surface area contributed by atoms with E-state index in [0.717, 1.165) is 12.3 Å². The zero-order valence-electron chi connectivity index (χ0n) is 13.3. The van der Waals surface area contributed by atoms with E-state index >= 15 is 0 Å². The minimum absolute atomic E-state index is 0.317. The second kappa shape index (κ2) is 11.6. The average molecular weight is 301 g/mol. The zero-order chi connectivity index (χ0) is 15.3. The van der Waals surface area contributed by atoms with Crippen LogP contribution in [-0.2, 0) is 25.6 Å². The molecule has 0 fully saturated rings. The molecular weight excluding hydrogens is 274 g/mol. The molecule has 0 atom stereocenters. The summed E-state index contributed by atoms with van der Waals surface area (Å²) in [7, 11) is 0. The van der Waals surface area contributed by atoms with Crippen molar-refractivity contribution < 1.29 is 18.9 Å². The maximum absolute atomic E-state index is 5.47. The summed E-state index contributed by atoms with van der Waals surface area (Å²) in [5, 5.41) is 8.05. The second-order valence-electron chi connectivity index (χ2n) is 4.76. The molecule has 1 heterocycles. The Balaban J connectivity index is 1.88. The average Bonchev–Trinajstić information content (AvgIpc) is 2.94. The first-order chi connectivity index (χ1) is 10.2. The normalized spacial score (nSPS) is 11.4. The fourth-order valence-electron chi connectivity index (χ4n) is 1.51. The van der Waals surface area contributed by atoms with Gasteiger partial charge in [-0.25, -0.2) is 4.68 Å². The van der Waals surface area contributed by atoms with Gasteiger partial charge < -0.3 is 18.9 Å². The van der Waals surface area contributed by atoms with Crippen LogP contribution in [0.1, 0.15) is 32.5 Å². The van der Waals surface area contributed by atoms with Crippen LogP contribution in [0.3, 0.4) is 0 Å². The lowest BCUT2D eigenvalue weighted by atomic mass is 10.4. The van der Waals surface area contributed by atoms with E-state index in [1.807, 2.05) is 17.8 Å². The summed E-state index contributed by atoms with van der Waals surface area (Å²) in [6.07, 6.45) is 1.90. The fraction of sp³-hybridized carbons (Fsp3) is 0.857. The van der Waals surface area contributed by atoms with Crippen LogP contribution in [0.5, 0.6) is 0 Å². The van der Waals surface area contributed by atoms with Gasteiger partial charge in [-0.3, -0.25) is 0 Å². The Labute approximate surface area is 126 Å². The monoisotopic (exact) mass is 301 g/mol. The van der Waals surface area contributed by atoms with Crippen LogP contribution in [0.15, 0.2) is 6.20 Å². The molecule has 0 bridgehead atoms. The standard InChI is InChI=1S/C14H27N3O4/c1-4-18-5-6-19-7-8-20-9-10-21-12-14-11-17(13(2)3)16-15-14/h11,13H,4-10,12H2,1-3H3. The number of ether oxygens (including phenoxy) is 4. The van der Waals surface area contributed by atoms with E-state index < -0.39 is 0 Å². The van der Waals surface area contributed by atoms with Crippen molar-refractivity contribution in [3.8, 4) is 0 Å². The molecule has 0 saturated heterocycles. The van der Waals surface area contributed by atoms with E-state index in [-0.39, 0.29) is 0 Å². The van der Waals surface area contributed by atoms with E-state index in [2.05, 4.69) is 24.2 Å². The third kappa shape index (κ3) is 8.77. The van der Waals surface area contributed by atoms with E-state index in [0.29, 0.717) is 52.3 Å². The van der Waals surface area contributed by atoms with Gasteiger partial charge in [0.15, 0.2) is 0 Å². The molecule has 7 heteroatoms. The van der Waals surface area contributed by atoms with Gasteiger partial charge in [0.2, 0.25) is 0 Å². The van der Waals surface area contributed by atoms with Crippen LogP contribution < -0.4 is 0 Å². The van der Waals surface area contributed by atoms with Crippen molar-refractivity contribution in [3.05, 3.63) is 11.9 Å². The molecule has 0 aliphatic rings. The Hall–Kier alpha value is -1.02. The molecule has 0 spiro atoms. The molecule has 21 heavy (non-hydrogen) atoms. The third-order valence-corrected chi connectivity index (χ3v) is 2.66. The van der Waals surface area contributed by atoms with Gasteiger partial charge in [-0.1, -0.05) is 5.21 Å². The molecular formula is C14H27N3O4. The Kier molecular flexibility index (Phi) is 9.98. The van der Waals surface area contributed by atoms with Gasteiger partial charge >= 0.3 is 0 Å². The van der Waals surface area contributed by atoms with Crippen LogP contribution in [0.25, 0.3) is 0 Å². The third-order valence-electron chi connectivity index (χ3n) is 2.66. The largest absolute Gasteiger partial charge is 0.379 e. The molecule has 0 N–H and O–H groups in total. The van der Waals surface area contributed by atoms with Crippen molar-refractivity contribution in [1.82, 2.24) is 15.0 Å². The second-order valence-corrected chi connectivity index (χ2v) is 4.76. The van der Waals surface area contributed by atoms with Crippen molar-refractivity contribution in [1.29, 1.82) is 0 Å². The minimum Gasteiger partial charge on any atom is -0.379 e. The van der Waals surface area contributed by atoms with Crippen molar-refractivity contribution in [2.24, 2.45) is 0 Å². The number of rotatable bonds is 13. The quantitative estimate of drug-likeness (QED) is 0.514. The summed E-state index contributed by atoms with van der Waals surface area (Å²) < 4.78 is 23.2. The van der Waals surface area contributed by atoms with Crippen molar-refractivity contribution in [3.63, 3.8) is 0 Å². The highest BCUT2D eigenvalue weighted by Crippen LogP contribution is 2.03. The zero-order valence-corrected chi connectivity index (χ0v) is 13.3. The SMILES string of the molecule is CCOCCOCCOCCOCc1cn(C(C)C)nn1. The molecule has 0 amide bonds. The summed E-state index contributed by atoms with van der Waals surface area (Å²) in [6, 6.07) is 0.317. The molecule has 122 valence electrons. The maximum atomic E-state index is 5.47. The summed E-state index contributed by atoms with van der Waals surface area (Å²) in [5.41, 5.74) is 0.836. The van der Waals surface area contributed by atoms with E-state index in [1.54, 1.807) is 0 Å². The lowest BCUT2D eigenvalue weighted by Gasteiger charge is -2.06. The van der Waals surface area contributed by atoms with Crippen LogP contribution >= 0.6 is 0 Å². The van der Waals surface area contributed by atoms with Gasteiger partial charge in [-0.05, 0) is 20.8 Å². The number of hydrogen-bond acceptors (Lipinski definition) is 6. The van der Waals surface area contributed by atoms with Gasteiger partial charge in [-0.2, -0.15) is 0 Å². The molecule has 7 nitrogen and oxygen atoms in total. The van der Waals surface area contributed by atoms with Crippen molar-refractivity contribution in [2.45, 2.75) is 33.4 Å². The molecule has 0 radical (unpaired) electrons.